The number of anilines is 1. The summed E-state index contributed by atoms with van der Waals surface area (Å²) in [7, 11) is 0. The van der Waals surface area contributed by atoms with Gasteiger partial charge in [0, 0.05) is 18.5 Å². The molecule has 0 fully saturated rings. The standard InChI is InChI=1S/C14H19NO3/c1-3-8-15-12-7-5-4-6-11(12)14(18,13(15)17)9-10(2)16/h4-7,10,16,18H,3,8-9H2,1-2H3/t10-,14-/m0/s1. The molecule has 0 bridgehead atoms. The van der Waals surface area contributed by atoms with Gasteiger partial charge in [-0.2, -0.15) is 0 Å². The molecule has 2 N–H and O–H groups in total. The Morgan fingerprint density at radius 2 is 2.06 bits per heavy atom. The molecule has 0 aliphatic carbocycles. The minimum atomic E-state index is -1.58. The number of nitrogens with zero attached hydrogens (tertiary/aromatic N) is 1. The van der Waals surface area contributed by atoms with Crippen molar-refractivity contribution in [2.24, 2.45) is 0 Å². The topological polar surface area (TPSA) is 60.8 Å². The quantitative estimate of drug-likeness (QED) is 0.848. The highest BCUT2D eigenvalue weighted by Gasteiger charge is 2.49. The number of aliphatic hydroxyl groups excluding tert-OH is 1. The molecule has 0 saturated heterocycles. The van der Waals surface area contributed by atoms with Crippen LogP contribution in [0.3, 0.4) is 0 Å². The van der Waals surface area contributed by atoms with E-state index in [1.54, 1.807) is 24.0 Å². The second-order valence-electron chi connectivity index (χ2n) is 4.89. The highest BCUT2D eigenvalue weighted by Crippen LogP contribution is 2.42. The molecule has 1 aliphatic heterocycles. The van der Waals surface area contributed by atoms with Gasteiger partial charge >= 0.3 is 0 Å². The van der Waals surface area contributed by atoms with Gasteiger partial charge in [0.25, 0.3) is 5.91 Å². The van der Waals surface area contributed by atoms with Crippen LogP contribution in [0.4, 0.5) is 5.69 Å². The highest BCUT2D eigenvalue weighted by molar-refractivity contribution is 6.06. The van der Waals surface area contributed by atoms with Crippen molar-refractivity contribution in [3.63, 3.8) is 0 Å². The first-order chi connectivity index (χ1) is 8.50. The fourth-order valence-electron chi connectivity index (χ4n) is 2.58. The van der Waals surface area contributed by atoms with Gasteiger partial charge in [-0.15, -0.1) is 0 Å². The first kappa shape index (κ1) is 13.1. The van der Waals surface area contributed by atoms with Crippen LogP contribution >= 0.6 is 0 Å². The number of carbonyl (C=O) groups is 1. The molecule has 1 heterocycles. The third-order valence-electron chi connectivity index (χ3n) is 3.28. The van der Waals surface area contributed by atoms with Crippen LogP contribution in [0.25, 0.3) is 0 Å². The second-order valence-corrected chi connectivity index (χ2v) is 4.89. The number of benzene rings is 1. The number of para-hydroxylation sites is 1. The number of hydrogen-bond acceptors (Lipinski definition) is 3. The van der Waals surface area contributed by atoms with Crippen LogP contribution in [-0.4, -0.2) is 28.8 Å². The predicted molar refractivity (Wildman–Crippen MR) is 69.3 cm³/mol. The summed E-state index contributed by atoms with van der Waals surface area (Å²) < 4.78 is 0. The van der Waals surface area contributed by atoms with E-state index in [1.807, 2.05) is 19.1 Å². The summed E-state index contributed by atoms with van der Waals surface area (Å²) in [5.74, 6) is -0.327. The molecule has 1 amide bonds. The maximum absolute atomic E-state index is 12.4. The lowest BCUT2D eigenvalue weighted by Crippen LogP contribution is -2.42. The highest BCUT2D eigenvalue weighted by atomic mass is 16.3. The molecule has 0 radical (unpaired) electrons. The zero-order chi connectivity index (χ0) is 13.3. The maximum Gasteiger partial charge on any atom is 0.263 e. The maximum atomic E-state index is 12.4. The molecule has 4 nitrogen and oxygen atoms in total. The average molecular weight is 249 g/mol. The second kappa shape index (κ2) is 4.71. The number of carbonyl (C=O) groups excluding carboxylic acids is 1. The SMILES string of the molecule is CCCN1C(=O)[C@](O)(C[C@H](C)O)c2ccccc21. The van der Waals surface area contributed by atoms with E-state index in [9.17, 15) is 15.0 Å². The minimum absolute atomic E-state index is 0.0308. The van der Waals surface area contributed by atoms with Gasteiger partial charge in [0.1, 0.15) is 0 Å². The van der Waals surface area contributed by atoms with Gasteiger partial charge in [-0.25, -0.2) is 0 Å². The van der Waals surface area contributed by atoms with Crippen LogP contribution in [0.1, 0.15) is 32.3 Å². The summed E-state index contributed by atoms with van der Waals surface area (Å²) in [4.78, 5) is 14.0. The Labute approximate surface area is 107 Å². The van der Waals surface area contributed by atoms with Crippen LogP contribution in [0.2, 0.25) is 0 Å². The van der Waals surface area contributed by atoms with E-state index in [0.717, 1.165) is 12.1 Å². The van der Waals surface area contributed by atoms with Crippen molar-refractivity contribution in [1.29, 1.82) is 0 Å². The van der Waals surface area contributed by atoms with Gasteiger partial charge in [0.05, 0.1) is 11.8 Å². The molecular weight excluding hydrogens is 230 g/mol. The van der Waals surface area contributed by atoms with Gasteiger partial charge < -0.3 is 15.1 Å². The van der Waals surface area contributed by atoms with Crippen LogP contribution in [0.15, 0.2) is 24.3 Å². The molecule has 0 saturated carbocycles. The lowest BCUT2D eigenvalue weighted by atomic mass is 9.90. The lowest BCUT2D eigenvalue weighted by Gasteiger charge is -2.24. The van der Waals surface area contributed by atoms with Crippen molar-refractivity contribution >= 4 is 11.6 Å². The Morgan fingerprint density at radius 3 is 2.67 bits per heavy atom. The van der Waals surface area contributed by atoms with Gasteiger partial charge in [0.15, 0.2) is 5.60 Å². The summed E-state index contributed by atoms with van der Waals surface area (Å²) in [6, 6.07) is 7.24. The van der Waals surface area contributed by atoms with E-state index < -0.39 is 11.7 Å². The van der Waals surface area contributed by atoms with E-state index in [4.69, 9.17) is 0 Å². The molecule has 0 unspecified atom stereocenters. The first-order valence-electron chi connectivity index (χ1n) is 6.32. The van der Waals surface area contributed by atoms with Crippen LogP contribution in [0.5, 0.6) is 0 Å². The Hall–Kier alpha value is -1.39. The summed E-state index contributed by atoms with van der Waals surface area (Å²) in [5.41, 5.74) is -0.225. The zero-order valence-corrected chi connectivity index (χ0v) is 10.8. The Morgan fingerprint density at radius 1 is 1.39 bits per heavy atom. The molecule has 4 heteroatoms. The third-order valence-corrected chi connectivity index (χ3v) is 3.28. The molecule has 1 aromatic carbocycles. The molecular formula is C14H19NO3. The summed E-state index contributed by atoms with van der Waals surface area (Å²) >= 11 is 0. The van der Waals surface area contributed by atoms with E-state index in [0.29, 0.717) is 12.1 Å². The Kier molecular flexibility index (Phi) is 3.41. The van der Waals surface area contributed by atoms with Crippen molar-refractivity contribution in [2.45, 2.75) is 38.4 Å². The summed E-state index contributed by atoms with van der Waals surface area (Å²) in [6.07, 6.45) is 0.127. The van der Waals surface area contributed by atoms with Crippen molar-refractivity contribution in [1.82, 2.24) is 0 Å². The Bertz CT molecular complexity index is 458. The molecule has 0 spiro atoms. The fourth-order valence-corrected chi connectivity index (χ4v) is 2.58. The summed E-state index contributed by atoms with van der Waals surface area (Å²) in [6.45, 7) is 4.15. The molecule has 1 aliphatic rings. The van der Waals surface area contributed by atoms with Crippen LogP contribution in [-0.2, 0) is 10.4 Å². The Balaban J connectivity index is 2.47. The van der Waals surface area contributed by atoms with Crippen molar-refractivity contribution in [3.8, 4) is 0 Å². The van der Waals surface area contributed by atoms with Gasteiger partial charge in [-0.3, -0.25) is 4.79 Å². The van der Waals surface area contributed by atoms with E-state index in [1.165, 1.54) is 0 Å². The van der Waals surface area contributed by atoms with Crippen molar-refractivity contribution in [3.05, 3.63) is 29.8 Å². The number of amides is 1. The van der Waals surface area contributed by atoms with Crippen LogP contribution in [0, 0.1) is 0 Å². The molecule has 0 aromatic heterocycles. The van der Waals surface area contributed by atoms with E-state index in [-0.39, 0.29) is 12.3 Å². The average Bonchev–Trinajstić information content (AvgIpc) is 2.52. The number of hydrogen-bond donors (Lipinski definition) is 2. The number of rotatable bonds is 4. The predicted octanol–water partition coefficient (Wildman–Crippen LogP) is 1.40. The molecule has 98 valence electrons. The van der Waals surface area contributed by atoms with E-state index >= 15 is 0 Å². The monoisotopic (exact) mass is 249 g/mol. The lowest BCUT2D eigenvalue weighted by molar-refractivity contribution is -0.139. The first-order valence-corrected chi connectivity index (χ1v) is 6.32. The third kappa shape index (κ3) is 1.91. The smallest absolute Gasteiger partial charge is 0.263 e. The summed E-state index contributed by atoms with van der Waals surface area (Å²) in [5, 5.41) is 20.1. The van der Waals surface area contributed by atoms with Gasteiger partial charge in [-0.05, 0) is 19.4 Å². The van der Waals surface area contributed by atoms with Crippen molar-refractivity contribution < 1.29 is 15.0 Å². The van der Waals surface area contributed by atoms with Crippen molar-refractivity contribution in [2.75, 3.05) is 11.4 Å². The zero-order valence-electron chi connectivity index (χ0n) is 10.8. The van der Waals surface area contributed by atoms with Gasteiger partial charge in [0.2, 0.25) is 0 Å². The largest absolute Gasteiger partial charge is 0.393 e. The van der Waals surface area contributed by atoms with E-state index in [2.05, 4.69) is 0 Å². The number of aliphatic hydroxyl groups is 2. The fraction of sp³-hybridized carbons (Fsp3) is 0.500. The van der Waals surface area contributed by atoms with Gasteiger partial charge in [-0.1, -0.05) is 25.1 Å². The molecule has 1 aromatic rings. The minimum Gasteiger partial charge on any atom is -0.393 e. The molecule has 2 rings (SSSR count). The normalized spacial score (nSPS) is 24.2. The molecule has 2 atom stereocenters. The number of fused-ring (bicyclic) bond motifs is 1. The molecule has 18 heavy (non-hydrogen) atoms. The van der Waals surface area contributed by atoms with Crippen LogP contribution < -0.4 is 4.90 Å².